The Morgan fingerprint density at radius 3 is 0.886 bits per heavy atom. The Labute approximate surface area is 499 Å². The maximum absolute atomic E-state index is 13.3. The number of hydrogen-bond donors (Lipinski definition) is 0. The van der Waals surface area contributed by atoms with E-state index in [2.05, 4.69) is 43.2 Å². The van der Waals surface area contributed by atoms with Crippen molar-refractivity contribution < 1.29 is 117 Å². The Morgan fingerprint density at radius 1 is 0.398 bits per heavy atom. The van der Waals surface area contributed by atoms with Crippen LogP contribution >= 0.6 is 0 Å². The Balaban J connectivity index is 0.000000412. The number of nitrogens with zero attached hydrogens (tertiary/aromatic N) is 6. The molecule has 0 saturated carbocycles. The van der Waals surface area contributed by atoms with Gasteiger partial charge in [-0.3, -0.25) is 9.59 Å². The number of ketones is 2. The average molecular weight is 1230 g/mol. The van der Waals surface area contributed by atoms with E-state index in [-0.39, 0.29) is 23.2 Å². The predicted octanol–water partition coefficient (Wildman–Crippen LogP) is -8.65. The number of para-hydroxylation sites is 4. The molecule has 0 atom stereocenters. The van der Waals surface area contributed by atoms with Crippen LogP contribution in [0.2, 0.25) is 0 Å². The highest BCUT2D eigenvalue weighted by atomic mass is 19.1. The molecular formula is C58H56F2N6O22-10. The Bertz CT molecular complexity index is 3010. The SMILES string of the molecule is CC(=O)CCN1CCC(Cc2nc3ccccc3n2Cc2ccc(F)cc2)CC1.CC(=O)CCN1CCC(Cc2nc3ccccc3n2Cc2ccc(F)cc2)CC1.O=C([O-])C(=O)[O-].O=C([O-])C(=O)[O-].O=C([O-])C(=O)[O-].O=C([O-])C(=O)[O-].O=C([O-])C(=O)[O-]. The van der Waals surface area contributed by atoms with E-state index in [4.69, 9.17) is 109 Å². The van der Waals surface area contributed by atoms with Crippen molar-refractivity contribution in [2.45, 2.75) is 78.3 Å². The number of Topliss-reactive ketones (excluding diaryl/α,β-unsaturated/α-hetero) is 2. The molecule has 2 aliphatic heterocycles. The van der Waals surface area contributed by atoms with Gasteiger partial charge in [-0.15, -0.1) is 0 Å². The molecule has 0 aliphatic carbocycles. The van der Waals surface area contributed by atoms with Crippen LogP contribution in [-0.2, 0) is 83.5 Å². The smallest absolute Gasteiger partial charge is 0.131 e. The predicted molar refractivity (Wildman–Crippen MR) is 277 cm³/mol. The summed E-state index contributed by atoms with van der Waals surface area (Å²) in [6.45, 7) is 10.7. The van der Waals surface area contributed by atoms with Crippen LogP contribution in [0.25, 0.3) is 22.1 Å². The molecule has 8 rings (SSSR count). The molecule has 474 valence electrons. The number of carboxylic acids is 10. The molecule has 2 fully saturated rings. The van der Waals surface area contributed by atoms with Crippen LogP contribution in [-0.4, -0.2) is 139 Å². The van der Waals surface area contributed by atoms with E-state index in [1.807, 2.05) is 48.5 Å². The standard InChI is InChI=1S/2C24H28FN3O.5C2H2O4/c2*1-18(29)10-13-27-14-11-19(12-15-27)16-24-26-22-4-2-3-5-23(22)28(24)17-20-6-8-21(25)9-7-20;5*3-1(4)2(5)6/h2*2-9,19H,10-17H2,1H3;5*(H,3,4)(H,5,6)/p-10. The van der Waals surface area contributed by atoms with Gasteiger partial charge in [-0.05, 0) is 137 Å². The molecule has 2 aromatic heterocycles. The first-order valence-corrected chi connectivity index (χ1v) is 26.3. The van der Waals surface area contributed by atoms with Crippen LogP contribution in [0.3, 0.4) is 0 Å². The summed E-state index contributed by atoms with van der Waals surface area (Å²) >= 11 is 0. The number of imidazole rings is 2. The molecule has 0 bridgehead atoms. The third-order valence-corrected chi connectivity index (χ3v) is 12.7. The molecule has 0 spiro atoms. The number of aliphatic carboxylic acids is 10. The van der Waals surface area contributed by atoms with Gasteiger partial charge in [0, 0.05) is 51.9 Å². The first-order chi connectivity index (χ1) is 41.4. The lowest BCUT2D eigenvalue weighted by Crippen LogP contribution is -2.42. The summed E-state index contributed by atoms with van der Waals surface area (Å²) in [5, 5.41) is 89.3. The van der Waals surface area contributed by atoms with Gasteiger partial charge in [-0.25, -0.2) is 18.7 Å². The second kappa shape index (κ2) is 37.8. The lowest BCUT2D eigenvalue weighted by molar-refractivity contribution is -0.345. The van der Waals surface area contributed by atoms with Gasteiger partial charge in [0.15, 0.2) is 0 Å². The highest BCUT2D eigenvalue weighted by Gasteiger charge is 2.24. The Kier molecular flexibility index (Phi) is 31.7. The number of carbonyl (C=O) groups excluding carboxylic acids is 12. The number of hydrogen-bond acceptors (Lipinski definition) is 26. The molecule has 4 aromatic carbocycles. The van der Waals surface area contributed by atoms with E-state index in [1.165, 1.54) is 24.3 Å². The number of carbonyl (C=O) groups is 12. The molecule has 0 N–H and O–H groups in total. The first-order valence-electron chi connectivity index (χ1n) is 26.3. The number of halogens is 2. The summed E-state index contributed by atoms with van der Waals surface area (Å²) in [6.07, 6.45) is 7.76. The van der Waals surface area contributed by atoms with Crippen molar-refractivity contribution in [1.82, 2.24) is 28.9 Å². The van der Waals surface area contributed by atoms with Crippen LogP contribution in [0.4, 0.5) is 8.78 Å². The summed E-state index contributed by atoms with van der Waals surface area (Å²) in [7, 11) is 0. The third kappa shape index (κ3) is 28.5. The van der Waals surface area contributed by atoms with Crippen molar-refractivity contribution in [3.05, 3.63) is 131 Å². The van der Waals surface area contributed by atoms with Crippen LogP contribution in [0.1, 0.15) is 75.1 Å². The van der Waals surface area contributed by atoms with Crippen LogP contribution < -0.4 is 51.1 Å². The van der Waals surface area contributed by atoms with Crippen molar-refractivity contribution >= 4 is 93.3 Å². The Morgan fingerprint density at radius 2 is 0.648 bits per heavy atom. The largest absolute Gasteiger partial charge is 0.543 e. The lowest BCUT2D eigenvalue weighted by atomic mass is 9.93. The molecule has 0 amide bonds. The highest BCUT2D eigenvalue weighted by Crippen LogP contribution is 2.27. The van der Waals surface area contributed by atoms with E-state index in [0.29, 0.717) is 37.8 Å². The van der Waals surface area contributed by atoms with E-state index < -0.39 is 59.7 Å². The van der Waals surface area contributed by atoms with Gasteiger partial charge in [0.2, 0.25) is 0 Å². The third-order valence-electron chi connectivity index (χ3n) is 12.7. The molecule has 2 saturated heterocycles. The van der Waals surface area contributed by atoms with Crippen molar-refractivity contribution in [3.8, 4) is 0 Å². The number of rotatable bonds is 14. The molecule has 0 unspecified atom stereocenters. The van der Waals surface area contributed by atoms with Gasteiger partial charge < -0.3 is 118 Å². The average Bonchev–Trinajstić information content (AvgIpc) is 3.55. The van der Waals surface area contributed by atoms with Crippen molar-refractivity contribution in [1.29, 1.82) is 0 Å². The maximum atomic E-state index is 13.3. The second-order valence-corrected chi connectivity index (χ2v) is 19.2. The van der Waals surface area contributed by atoms with Gasteiger partial charge >= 0.3 is 0 Å². The summed E-state index contributed by atoms with van der Waals surface area (Å²) in [5.41, 5.74) is 6.45. The van der Waals surface area contributed by atoms with E-state index in [9.17, 15) is 18.4 Å². The Hall–Kier alpha value is -10.4. The van der Waals surface area contributed by atoms with Crippen LogP contribution in [0.5, 0.6) is 0 Å². The molecule has 88 heavy (non-hydrogen) atoms. The molecule has 0 radical (unpaired) electrons. The highest BCUT2D eigenvalue weighted by molar-refractivity contribution is 6.26. The van der Waals surface area contributed by atoms with Gasteiger partial charge in [0.1, 0.15) is 34.8 Å². The summed E-state index contributed by atoms with van der Waals surface area (Å²) in [5.74, 6) is -18.3. The fourth-order valence-electron chi connectivity index (χ4n) is 8.44. The minimum absolute atomic E-state index is 0.207. The maximum Gasteiger partial charge on any atom is 0.131 e. The van der Waals surface area contributed by atoms with Gasteiger partial charge in [0.05, 0.1) is 81.8 Å². The number of benzene rings is 4. The quantitative estimate of drug-likeness (QED) is 0.0914. The van der Waals surface area contributed by atoms with E-state index in [0.717, 1.165) is 123 Å². The van der Waals surface area contributed by atoms with Crippen LogP contribution in [0, 0.1) is 23.5 Å². The van der Waals surface area contributed by atoms with Crippen molar-refractivity contribution in [3.63, 3.8) is 0 Å². The summed E-state index contributed by atoms with van der Waals surface area (Å²) < 4.78 is 31.2. The zero-order valence-corrected chi connectivity index (χ0v) is 47.1. The first kappa shape index (κ1) is 73.7. The van der Waals surface area contributed by atoms with Crippen molar-refractivity contribution in [2.24, 2.45) is 11.8 Å². The monoisotopic (exact) mass is 1230 g/mol. The molecule has 28 nitrogen and oxygen atoms in total. The summed E-state index contributed by atoms with van der Waals surface area (Å²) in [4.78, 5) is 126. The number of piperidine rings is 2. The van der Waals surface area contributed by atoms with Crippen molar-refractivity contribution in [2.75, 3.05) is 39.3 Å². The van der Waals surface area contributed by atoms with Gasteiger partial charge in [-0.1, -0.05) is 48.5 Å². The normalized spacial score (nSPS) is 12.9. The number of likely N-dealkylation sites (tertiary alicyclic amines) is 2. The topological polar surface area (TPSA) is 478 Å². The number of carboxylic acid groups (broad SMARTS) is 10. The lowest BCUT2D eigenvalue weighted by Gasteiger charge is -2.31. The van der Waals surface area contributed by atoms with E-state index >= 15 is 0 Å². The van der Waals surface area contributed by atoms with E-state index in [1.54, 1.807) is 13.8 Å². The van der Waals surface area contributed by atoms with Gasteiger partial charge in [0.25, 0.3) is 0 Å². The summed E-state index contributed by atoms with van der Waals surface area (Å²) in [6, 6.07) is 29.9. The molecule has 6 aromatic rings. The molecule has 2 aliphatic rings. The zero-order chi connectivity index (χ0) is 66.2. The zero-order valence-electron chi connectivity index (χ0n) is 47.1. The molecular weight excluding hydrogens is 1170 g/mol. The molecule has 30 heteroatoms. The fourth-order valence-corrected chi connectivity index (χ4v) is 8.44. The number of fused-ring (bicyclic) bond motifs is 2. The minimum Gasteiger partial charge on any atom is -0.543 e. The second-order valence-electron chi connectivity index (χ2n) is 19.2. The van der Waals surface area contributed by atoms with Gasteiger partial charge in [-0.2, -0.15) is 0 Å². The van der Waals surface area contributed by atoms with Crippen LogP contribution in [0.15, 0.2) is 97.1 Å². The number of aromatic nitrogens is 4. The fraction of sp³-hybridized carbons (Fsp3) is 0.345. The molecule has 4 heterocycles. The minimum atomic E-state index is -2.19.